The van der Waals surface area contributed by atoms with Crippen molar-refractivity contribution in [3.8, 4) is 11.1 Å². The lowest BCUT2D eigenvalue weighted by Crippen LogP contribution is -2.50. The molecule has 6 nitrogen and oxygen atoms in total. The molecule has 0 aliphatic carbocycles. The number of hydrogen-bond donors (Lipinski definition) is 0. The first-order chi connectivity index (χ1) is 13.9. The quantitative estimate of drug-likeness (QED) is 0.755. The van der Waals surface area contributed by atoms with E-state index in [4.69, 9.17) is 0 Å². The molecule has 0 unspecified atom stereocenters. The molecule has 0 saturated carbocycles. The van der Waals surface area contributed by atoms with Crippen molar-refractivity contribution >= 4 is 11.8 Å². The zero-order valence-corrected chi connectivity index (χ0v) is 17.6. The Hall–Kier alpha value is -2.76. The lowest BCUT2D eigenvalue weighted by atomic mass is 9.72. The van der Waals surface area contributed by atoms with Crippen molar-refractivity contribution in [1.82, 2.24) is 19.8 Å². The fourth-order valence-corrected chi connectivity index (χ4v) is 4.20. The van der Waals surface area contributed by atoms with Crippen LogP contribution in [-0.2, 0) is 16.0 Å². The highest BCUT2D eigenvalue weighted by molar-refractivity contribution is 5.83. The summed E-state index contributed by atoms with van der Waals surface area (Å²) in [5.41, 5.74) is 2.65. The van der Waals surface area contributed by atoms with E-state index in [1.807, 2.05) is 38.1 Å². The second kappa shape index (κ2) is 9.16. The van der Waals surface area contributed by atoms with Crippen LogP contribution in [0.4, 0.5) is 0 Å². The standard InChI is InChI=1S/C23H30N4O2/c1-4-6-21(28)27-11-9-23(10-12-27,22(29)26(2)3)14-18-7-5-8-19(13-18)20-15-24-17-25-16-20/h5,7-8,13,15-17H,4,6,9-12,14H2,1-3H3. The number of amides is 2. The first-order valence-electron chi connectivity index (χ1n) is 10.3. The van der Waals surface area contributed by atoms with E-state index in [2.05, 4.69) is 22.1 Å². The van der Waals surface area contributed by atoms with Crippen molar-refractivity contribution in [2.24, 2.45) is 5.41 Å². The SMILES string of the molecule is CCCC(=O)N1CCC(Cc2cccc(-c3cncnc3)c2)(C(=O)N(C)C)CC1. The topological polar surface area (TPSA) is 66.4 Å². The van der Waals surface area contributed by atoms with E-state index < -0.39 is 5.41 Å². The van der Waals surface area contributed by atoms with Crippen LogP contribution in [0, 0.1) is 5.41 Å². The molecule has 1 aliphatic heterocycles. The largest absolute Gasteiger partial charge is 0.348 e. The van der Waals surface area contributed by atoms with Crippen LogP contribution in [0.1, 0.15) is 38.2 Å². The zero-order chi connectivity index (χ0) is 20.9. The minimum absolute atomic E-state index is 0.147. The van der Waals surface area contributed by atoms with Gasteiger partial charge in [0.05, 0.1) is 5.41 Å². The molecule has 0 atom stereocenters. The normalized spacial score (nSPS) is 15.8. The average Bonchev–Trinajstić information content (AvgIpc) is 2.74. The first-order valence-corrected chi connectivity index (χ1v) is 10.3. The van der Waals surface area contributed by atoms with Crippen LogP contribution in [0.2, 0.25) is 0 Å². The summed E-state index contributed by atoms with van der Waals surface area (Å²) in [6.45, 7) is 3.31. The Bertz CT molecular complexity index is 843. The number of hydrogen-bond acceptors (Lipinski definition) is 4. The molecule has 0 N–H and O–H groups in total. The summed E-state index contributed by atoms with van der Waals surface area (Å²) in [5.74, 6) is 0.345. The molecule has 1 fully saturated rings. The van der Waals surface area contributed by atoms with E-state index in [9.17, 15) is 9.59 Å². The summed E-state index contributed by atoms with van der Waals surface area (Å²) in [7, 11) is 3.63. The molecule has 0 spiro atoms. The van der Waals surface area contributed by atoms with Gasteiger partial charge in [-0.3, -0.25) is 9.59 Å². The van der Waals surface area contributed by atoms with Gasteiger partial charge in [0, 0.05) is 51.6 Å². The highest BCUT2D eigenvalue weighted by atomic mass is 16.2. The van der Waals surface area contributed by atoms with Crippen LogP contribution >= 0.6 is 0 Å². The van der Waals surface area contributed by atoms with Crippen LogP contribution in [0.15, 0.2) is 43.0 Å². The van der Waals surface area contributed by atoms with Gasteiger partial charge in [0.1, 0.15) is 6.33 Å². The number of rotatable bonds is 6. The van der Waals surface area contributed by atoms with Crippen LogP contribution in [0.25, 0.3) is 11.1 Å². The molecule has 29 heavy (non-hydrogen) atoms. The van der Waals surface area contributed by atoms with Crippen molar-refractivity contribution in [2.75, 3.05) is 27.2 Å². The van der Waals surface area contributed by atoms with Gasteiger partial charge in [-0.25, -0.2) is 9.97 Å². The molecule has 154 valence electrons. The fourth-order valence-electron chi connectivity index (χ4n) is 4.20. The molecule has 6 heteroatoms. The third-order valence-corrected chi connectivity index (χ3v) is 5.76. The fraction of sp³-hybridized carbons (Fsp3) is 0.478. The van der Waals surface area contributed by atoms with Crippen molar-refractivity contribution in [3.05, 3.63) is 48.5 Å². The Morgan fingerprint density at radius 2 is 1.79 bits per heavy atom. The van der Waals surface area contributed by atoms with Gasteiger partial charge in [0.15, 0.2) is 0 Å². The molecular weight excluding hydrogens is 364 g/mol. The average molecular weight is 395 g/mol. The lowest BCUT2D eigenvalue weighted by molar-refractivity contribution is -0.146. The van der Waals surface area contributed by atoms with Crippen LogP contribution < -0.4 is 0 Å². The number of benzene rings is 1. The van der Waals surface area contributed by atoms with Crippen molar-refractivity contribution in [3.63, 3.8) is 0 Å². The van der Waals surface area contributed by atoms with Gasteiger partial charge < -0.3 is 9.80 Å². The smallest absolute Gasteiger partial charge is 0.228 e. The van der Waals surface area contributed by atoms with Gasteiger partial charge in [0.25, 0.3) is 0 Å². The molecule has 0 bridgehead atoms. The predicted octanol–water partition coefficient (Wildman–Crippen LogP) is 3.18. The van der Waals surface area contributed by atoms with Crippen molar-refractivity contribution < 1.29 is 9.59 Å². The molecule has 1 aromatic heterocycles. The lowest BCUT2D eigenvalue weighted by Gasteiger charge is -2.42. The van der Waals surface area contributed by atoms with E-state index >= 15 is 0 Å². The minimum Gasteiger partial charge on any atom is -0.348 e. The second-order valence-corrected chi connectivity index (χ2v) is 8.12. The van der Waals surface area contributed by atoms with E-state index in [0.29, 0.717) is 38.8 Å². The van der Waals surface area contributed by atoms with Crippen LogP contribution in [-0.4, -0.2) is 58.8 Å². The second-order valence-electron chi connectivity index (χ2n) is 8.12. The molecule has 0 radical (unpaired) electrons. The summed E-state index contributed by atoms with van der Waals surface area (Å²) in [6.07, 6.45) is 8.60. The maximum Gasteiger partial charge on any atom is 0.228 e. The molecular formula is C23H30N4O2. The molecule has 2 heterocycles. The van der Waals surface area contributed by atoms with E-state index in [0.717, 1.165) is 23.1 Å². The molecule has 1 aliphatic rings. The molecule has 2 aromatic rings. The maximum absolute atomic E-state index is 13.2. The number of carbonyl (C=O) groups is 2. The van der Waals surface area contributed by atoms with Gasteiger partial charge in [-0.15, -0.1) is 0 Å². The summed E-state index contributed by atoms with van der Waals surface area (Å²) in [6, 6.07) is 8.25. The Morgan fingerprint density at radius 3 is 2.41 bits per heavy atom. The molecule has 3 rings (SSSR count). The minimum atomic E-state index is -0.474. The summed E-state index contributed by atoms with van der Waals surface area (Å²) in [5, 5.41) is 0. The zero-order valence-electron chi connectivity index (χ0n) is 17.6. The van der Waals surface area contributed by atoms with Gasteiger partial charge in [0.2, 0.25) is 11.8 Å². The third kappa shape index (κ3) is 4.81. The van der Waals surface area contributed by atoms with Gasteiger partial charge in [-0.2, -0.15) is 0 Å². The number of likely N-dealkylation sites (tertiary alicyclic amines) is 1. The van der Waals surface area contributed by atoms with E-state index in [1.54, 1.807) is 17.3 Å². The van der Waals surface area contributed by atoms with Gasteiger partial charge in [-0.1, -0.05) is 31.2 Å². The Morgan fingerprint density at radius 1 is 1.10 bits per heavy atom. The third-order valence-electron chi connectivity index (χ3n) is 5.76. The van der Waals surface area contributed by atoms with Crippen LogP contribution in [0.5, 0.6) is 0 Å². The van der Waals surface area contributed by atoms with E-state index in [1.165, 1.54) is 6.33 Å². The van der Waals surface area contributed by atoms with Crippen molar-refractivity contribution in [2.45, 2.75) is 39.0 Å². The number of aromatic nitrogens is 2. The monoisotopic (exact) mass is 394 g/mol. The first kappa shape index (κ1) is 21.0. The molecule has 2 amide bonds. The molecule has 1 saturated heterocycles. The maximum atomic E-state index is 13.2. The highest BCUT2D eigenvalue weighted by Crippen LogP contribution is 2.37. The van der Waals surface area contributed by atoms with Crippen molar-refractivity contribution in [1.29, 1.82) is 0 Å². The van der Waals surface area contributed by atoms with Gasteiger partial charge >= 0.3 is 0 Å². The Kier molecular flexibility index (Phi) is 6.62. The van der Waals surface area contributed by atoms with Gasteiger partial charge in [-0.05, 0) is 36.8 Å². The summed E-state index contributed by atoms with van der Waals surface area (Å²) >= 11 is 0. The molecule has 1 aromatic carbocycles. The Balaban J connectivity index is 1.83. The number of piperidine rings is 1. The number of nitrogens with zero attached hydrogens (tertiary/aromatic N) is 4. The highest BCUT2D eigenvalue weighted by Gasteiger charge is 2.43. The summed E-state index contributed by atoms with van der Waals surface area (Å²) < 4.78 is 0. The van der Waals surface area contributed by atoms with Crippen LogP contribution in [0.3, 0.4) is 0 Å². The number of carbonyl (C=O) groups excluding carboxylic acids is 2. The Labute approximate surface area is 173 Å². The predicted molar refractivity (Wildman–Crippen MR) is 113 cm³/mol. The van der Waals surface area contributed by atoms with E-state index in [-0.39, 0.29) is 11.8 Å². The summed E-state index contributed by atoms with van der Waals surface area (Å²) in [4.78, 5) is 37.3.